The van der Waals surface area contributed by atoms with Gasteiger partial charge in [-0.1, -0.05) is 0 Å². The highest BCUT2D eigenvalue weighted by Gasteiger charge is 2.37. The molecule has 2 fully saturated rings. The lowest BCUT2D eigenvalue weighted by molar-refractivity contribution is -0.126. The molecule has 1 saturated carbocycles. The predicted molar refractivity (Wildman–Crippen MR) is 88.7 cm³/mol. The number of nitrogens with zero attached hydrogens (tertiary/aromatic N) is 3. The van der Waals surface area contributed by atoms with Crippen molar-refractivity contribution in [3.8, 4) is 0 Å². The van der Waals surface area contributed by atoms with Crippen LogP contribution in [0.3, 0.4) is 0 Å². The van der Waals surface area contributed by atoms with Crippen LogP contribution < -0.4 is 10.6 Å². The lowest BCUT2D eigenvalue weighted by atomic mass is 9.95. The van der Waals surface area contributed by atoms with E-state index in [1.807, 2.05) is 11.7 Å². The van der Waals surface area contributed by atoms with Crippen molar-refractivity contribution < 1.29 is 9.59 Å². The van der Waals surface area contributed by atoms with Crippen LogP contribution in [0, 0.1) is 0 Å². The zero-order valence-electron chi connectivity index (χ0n) is 14.2. The summed E-state index contributed by atoms with van der Waals surface area (Å²) in [6.07, 6.45) is 6.25. The Morgan fingerprint density at radius 3 is 2.83 bits per heavy atom. The maximum Gasteiger partial charge on any atom is 0.275 e. The highest BCUT2D eigenvalue weighted by Crippen LogP contribution is 2.26. The van der Waals surface area contributed by atoms with Gasteiger partial charge in [0.2, 0.25) is 5.91 Å². The van der Waals surface area contributed by atoms with E-state index in [4.69, 9.17) is 0 Å². The molecule has 1 atom stereocenters. The summed E-state index contributed by atoms with van der Waals surface area (Å²) in [5, 5.41) is 10.8. The van der Waals surface area contributed by atoms with Crippen LogP contribution in [0.2, 0.25) is 0 Å². The van der Waals surface area contributed by atoms with Crippen LogP contribution in [0.5, 0.6) is 0 Å². The average Bonchev–Trinajstić information content (AvgIpc) is 3.36. The number of piperazine rings is 1. The molecule has 1 aromatic rings. The predicted octanol–water partition coefficient (Wildman–Crippen LogP) is -0.00850. The number of aryl methyl sites for hydroxylation is 1. The molecule has 0 aromatic carbocycles. The minimum absolute atomic E-state index is 0.0390. The van der Waals surface area contributed by atoms with Crippen LogP contribution in [0.4, 0.5) is 0 Å². The fraction of sp³-hybridized carbons (Fsp3) is 0.706. The highest BCUT2D eigenvalue weighted by molar-refractivity contribution is 5.97. The molecular weight excluding hydrogens is 306 g/mol. The largest absolute Gasteiger partial charge is 0.352 e. The SMILES string of the molecule is Cn1nc(C(=O)N2CCNC[C@H]2C(=O)NC2CC2)c2c1CCCC2. The Hall–Kier alpha value is -1.89. The van der Waals surface area contributed by atoms with Gasteiger partial charge in [0.1, 0.15) is 6.04 Å². The van der Waals surface area contributed by atoms with Gasteiger partial charge in [0.25, 0.3) is 5.91 Å². The first-order valence-corrected chi connectivity index (χ1v) is 9.02. The Morgan fingerprint density at radius 2 is 2.04 bits per heavy atom. The van der Waals surface area contributed by atoms with E-state index in [2.05, 4.69) is 15.7 Å². The third-order valence-corrected chi connectivity index (χ3v) is 5.30. The first-order valence-electron chi connectivity index (χ1n) is 9.02. The first-order chi connectivity index (χ1) is 11.6. The molecular formula is C17H25N5O2. The van der Waals surface area contributed by atoms with Gasteiger partial charge in [0.05, 0.1) is 0 Å². The van der Waals surface area contributed by atoms with E-state index in [-0.39, 0.29) is 11.8 Å². The second-order valence-electron chi connectivity index (χ2n) is 7.11. The number of hydrogen-bond acceptors (Lipinski definition) is 4. The lowest BCUT2D eigenvalue weighted by Crippen LogP contribution is -2.60. The van der Waals surface area contributed by atoms with Crippen molar-refractivity contribution in [2.24, 2.45) is 7.05 Å². The van der Waals surface area contributed by atoms with E-state index in [1.54, 1.807) is 4.90 Å². The van der Waals surface area contributed by atoms with Gasteiger partial charge in [-0.2, -0.15) is 5.10 Å². The van der Waals surface area contributed by atoms with Crippen molar-refractivity contribution in [1.82, 2.24) is 25.3 Å². The van der Waals surface area contributed by atoms with Gasteiger partial charge in [-0.15, -0.1) is 0 Å². The summed E-state index contributed by atoms with van der Waals surface area (Å²) >= 11 is 0. The minimum atomic E-state index is -0.437. The number of hydrogen-bond donors (Lipinski definition) is 2. The fourth-order valence-corrected chi connectivity index (χ4v) is 3.79. The van der Waals surface area contributed by atoms with E-state index in [1.165, 1.54) is 5.69 Å². The Bertz CT molecular complexity index is 664. The third-order valence-electron chi connectivity index (χ3n) is 5.30. The molecule has 130 valence electrons. The smallest absolute Gasteiger partial charge is 0.275 e. The van der Waals surface area contributed by atoms with Crippen molar-refractivity contribution in [3.05, 3.63) is 17.0 Å². The number of amides is 2. The standard InChI is InChI=1S/C17H25N5O2/c1-21-13-5-3-2-4-12(13)15(20-21)17(24)22-9-8-18-10-14(22)16(23)19-11-6-7-11/h11,14,18H,2-10H2,1H3,(H,19,23)/t14-/m0/s1. The van der Waals surface area contributed by atoms with Gasteiger partial charge in [-0.3, -0.25) is 14.3 Å². The second-order valence-corrected chi connectivity index (χ2v) is 7.11. The Morgan fingerprint density at radius 1 is 1.25 bits per heavy atom. The van der Waals surface area contributed by atoms with Gasteiger partial charge in [-0.05, 0) is 38.5 Å². The van der Waals surface area contributed by atoms with Gasteiger partial charge >= 0.3 is 0 Å². The summed E-state index contributed by atoms with van der Waals surface area (Å²) in [6, 6.07) is -0.132. The first kappa shape index (κ1) is 15.6. The average molecular weight is 331 g/mol. The van der Waals surface area contributed by atoms with Crippen LogP contribution in [-0.4, -0.2) is 58.2 Å². The molecule has 24 heavy (non-hydrogen) atoms. The molecule has 0 radical (unpaired) electrons. The van der Waals surface area contributed by atoms with E-state index >= 15 is 0 Å². The van der Waals surface area contributed by atoms with E-state index in [0.29, 0.717) is 31.4 Å². The van der Waals surface area contributed by atoms with E-state index in [9.17, 15) is 9.59 Å². The number of aromatic nitrogens is 2. The van der Waals surface area contributed by atoms with Crippen molar-refractivity contribution in [2.45, 2.75) is 50.6 Å². The van der Waals surface area contributed by atoms with E-state index in [0.717, 1.165) is 44.1 Å². The maximum absolute atomic E-state index is 13.1. The second kappa shape index (κ2) is 6.20. The minimum Gasteiger partial charge on any atom is -0.352 e. The highest BCUT2D eigenvalue weighted by atomic mass is 16.2. The summed E-state index contributed by atoms with van der Waals surface area (Å²) in [7, 11) is 1.91. The van der Waals surface area contributed by atoms with Gasteiger partial charge in [-0.25, -0.2) is 0 Å². The zero-order valence-corrected chi connectivity index (χ0v) is 14.2. The summed E-state index contributed by atoms with van der Waals surface area (Å²) in [5.74, 6) is -0.131. The molecule has 4 rings (SSSR count). The molecule has 0 bridgehead atoms. The quantitative estimate of drug-likeness (QED) is 0.817. The Kier molecular flexibility index (Phi) is 4.04. The van der Waals surface area contributed by atoms with Gasteiger partial charge in [0, 0.05) is 44.0 Å². The number of rotatable bonds is 3. The van der Waals surface area contributed by atoms with E-state index < -0.39 is 6.04 Å². The topological polar surface area (TPSA) is 79.3 Å². The Labute approximate surface area is 141 Å². The molecule has 3 aliphatic rings. The molecule has 7 heteroatoms. The number of carbonyl (C=O) groups excluding carboxylic acids is 2. The molecule has 0 unspecified atom stereocenters. The van der Waals surface area contributed by atoms with Crippen molar-refractivity contribution in [1.29, 1.82) is 0 Å². The molecule has 1 aliphatic heterocycles. The van der Waals surface area contributed by atoms with Crippen LogP contribution in [0.1, 0.15) is 47.4 Å². The molecule has 2 N–H and O–H groups in total. The molecule has 0 spiro atoms. The lowest BCUT2D eigenvalue weighted by Gasteiger charge is -2.35. The third kappa shape index (κ3) is 2.81. The maximum atomic E-state index is 13.1. The molecule has 2 heterocycles. The molecule has 1 saturated heterocycles. The fourth-order valence-electron chi connectivity index (χ4n) is 3.79. The zero-order chi connectivity index (χ0) is 16.7. The van der Waals surface area contributed by atoms with Crippen LogP contribution in [0.15, 0.2) is 0 Å². The van der Waals surface area contributed by atoms with Crippen molar-refractivity contribution in [2.75, 3.05) is 19.6 Å². The van der Waals surface area contributed by atoms with Crippen molar-refractivity contribution >= 4 is 11.8 Å². The molecule has 7 nitrogen and oxygen atoms in total. The van der Waals surface area contributed by atoms with Gasteiger partial charge in [0.15, 0.2) is 5.69 Å². The summed E-state index contributed by atoms with van der Waals surface area (Å²) < 4.78 is 1.85. The van der Waals surface area contributed by atoms with Crippen molar-refractivity contribution in [3.63, 3.8) is 0 Å². The van der Waals surface area contributed by atoms with Gasteiger partial charge < -0.3 is 15.5 Å². The summed E-state index contributed by atoms with van der Waals surface area (Å²) in [6.45, 7) is 1.78. The molecule has 2 amide bonds. The molecule has 2 aliphatic carbocycles. The number of nitrogens with one attached hydrogen (secondary N) is 2. The van der Waals surface area contributed by atoms with Crippen LogP contribution in [-0.2, 0) is 24.7 Å². The normalized spacial score (nSPS) is 23.7. The summed E-state index contributed by atoms with van der Waals surface area (Å²) in [5.41, 5.74) is 2.82. The summed E-state index contributed by atoms with van der Waals surface area (Å²) in [4.78, 5) is 27.4. The molecule has 1 aromatic heterocycles. The number of fused-ring (bicyclic) bond motifs is 1. The number of carbonyl (C=O) groups is 2. The Balaban J connectivity index is 1.58. The van der Waals surface area contributed by atoms with Crippen LogP contribution in [0.25, 0.3) is 0 Å². The monoisotopic (exact) mass is 331 g/mol. The van der Waals surface area contributed by atoms with Crippen LogP contribution >= 0.6 is 0 Å².